The molecule has 9 heteroatoms. The van der Waals surface area contributed by atoms with Gasteiger partial charge in [-0.2, -0.15) is 8.78 Å². The summed E-state index contributed by atoms with van der Waals surface area (Å²) in [7, 11) is 0. The number of rotatable bonds is 7. The molecule has 0 aliphatic carbocycles. The fraction of sp³-hybridized carbons (Fsp3) is 0.105. The summed E-state index contributed by atoms with van der Waals surface area (Å²) in [5.74, 6) is -2.52. The molecule has 1 N–H and O–H groups in total. The number of esters is 1. The van der Waals surface area contributed by atoms with Crippen LogP contribution < -0.4 is 10.1 Å². The van der Waals surface area contributed by atoms with Crippen LogP contribution in [0.3, 0.4) is 0 Å². The van der Waals surface area contributed by atoms with Crippen molar-refractivity contribution in [1.29, 1.82) is 0 Å². The first kappa shape index (κ1) is 21.0. The monoisotopic (exact) mass is 409 g/mol. The Morgan fingerprint density at radius 2 is 1.68 bits per heavy atom. The second kappa shape index (κ2) is 10.2. The van der Waals surface area contributed by atoms with Crippen LogP contribution in [-0.2, 0) is 14.3 Å². The number of nitrogens with one attached hydrogen (secondary N) is 1. The second-order valence-corrected chi connectivity index (χ2v) is 5.71. The highest BCUT2D eigenvalue weighted by Crippen LogP contribution is 2.15. The predicted molar refractivity (Wildman–Crippen MR) is 97.0 cm³/mol. The summed E-state index contributed by atoms with van der Waals surface area (Å²) in [4.78, 5) is 35.2. The maximum absolute atomic E-state index is 12.1. The Labute approximate surface area is 163 Å². The molecule has 0 unspecified atom stereocenters. The van der Waals surface area contributed by atoms with Gasteiger partial charge in [0.1, 0.15) is 5.75 Å². The molecule has 0 saturated carbocycles. The molecule has 146 valence electrons. The van der Waals surface area contributed by atoms with Gasteiger partial charge in [-0.25, -0.2) is 4.79 Å². The van der Waals surface area contributed by atoms with E-state index in [1.807, 2.05) is 5.32 Å². The lowest BCUT2D eigenvalue weighted by Gasteiger charge is -2.06. The molecule has 2 aromatic carbocycles. The van der Waals surface area contributed by atoms with Gasteiger partial charge in [0.15, 0.2) is 6.61 Å². The van der Waals surface area contributed by atoms with Crippen LogP contribution in [0.15, 0.2) is 54.6 Å². The van der Waals surface area contributed by atoms with Gasteiger partial charge in [0.2, 0.25) is 0 Å². The maximum Gasteiger partial charge on any atom is 0.387 e. The Bertz CT molecular complexity index is 867. The molecule has 0 heterocycles. The molecule has 0 radical (unpaired) electrons. The van der Waals surface area contributed by atoms with E-state index in [1.54, 1.807) is 24.3 Å². The molecular weight excluding hydrogens is 396 g/mol. The number of benzene rings is 2. The van der Waals surface area contributed by atoms with Gasteiger partial charge >= 0.3 is 12.6 Å². The lowest BCUT2D eigenvalue weighted by molar-refractivity contribution is -0.143. The van der Waals surface area contributed by atoms with Crippen molar-refractivity contribution in [3.63, 3.8) is 0 Å². The number of carbonyl (C=O) groups excluding carboxylic acids is 3. The van der Waals surface area contributed by atoms with Crippen molar-refractivity contribution >= 4 is 35.5 Å². The van der Waals surface area contributed by atoms with E-state index in [9.17, 15) is 23.2 Å². The molecule has 0 saturated heterocycles. The fourth-order valence-corrected chi connectivity index (χ4v) is 2.07. The molecule has 0 aliphatic heterocycles. The predicted octanol–water partition coefficient (Wildman–Crippen LogP) is 3.45. The van der Waals surface area contributed by atoms with Crippen LogP contribution >= 0.6 is 11.6 Å². The number of hydrogen-bond donors (Lipinski definition) is 1. The van der Waals surface area contributed by atoms with Gasteiger partial charge in [0, 0.05) is 16.7 Å². The third-order valence-corrected chi connectivity index (χ3v) is 3.47. The van der Waals surface area contributed by atoms with Gasteiger partial charge < -0.3 is 9.47 Å². The number of hydrogen-bond acceptors (Lipinski definition) is 5. The second-order valence-electron chi connectivity index (χ2n) is 5.27. The Kier molecular flexibility index (Phi) is 7.65. The lowest BCUT2D eigenvalue weighted by atomic mass is 10.2. The van der Waals surface area contributed by atoms with Crippen LogP contribution in [0.25, 0.3) is 6.08 Å². The molecular formula is C19H14ClF2NO5. The van der Waals surface area contributed by atoms with Crippen molar-refractivity contribution in [1.82, 2.24) is 5.32 Å². The smallest absolute Gasteiger partial charge is 0.387 e. The molecule has 0 spiro atoms. The van der Waals surface area contributed by atoms with Crippen molar-refractivity contribution in [3.8, 4) is 5.75 Å². The van der Waals surface area contributed by atoms with Gasteiger partial charge in [0.05, 0.1) is 0 Å². The van der Waals surface area contributed by atoms with Crippen LogP contribution in [0.1, 0.15) is 15.9 Å². The van der Waals surface area contributed by atoms with Crippen LogP contribution in [0.2, 0.25) is 5.02 Å². The minimum Gasteiger partial charge on any atom is -0.452 e. The zero-order chi connectivity index (χ0) is 20.5. The molecule has 0 bridgehead atoms. The minimum atomic E-state index is -2.98. The van der Waals surface area contributed by atoms with Gasteiger partial charge in [-0.3, -0.25) is 14.9 Å². The first-order chi connectivity index (χ1) is 13.3. The number of imide groups is 1. The third-order valence-electron chi connectivity index (χ3n) is 3.22. The highest BCUT2D eigenvalue weighted by atomic mass is 35.5. The Morgan fingerprint density at radius 3 is 2.29 bits per heavy atom. The third kappa shape index (κ3) is 7.16. The molecule has 0 aromatic heterocycles. The Hall–Kier alpha value is -3.26. The molecule has 28 heavy (non-hydrogen) atoms. The first-order valence-corrected chi connectivity index (χ1v) is 8.21. The van der Waals surface area contributed by atoms with E-state index in [2.05, 4.69) is 4.74 Å². The number of carbonyl (C=O) groups is 3. The standard InChI is InChI=1S/C19H14ClF2NO5/c20-14-6-1-12(2-7-14)3-10-17(25)27-11-16(24)23-18(26)13-4-8-15(9-5-13)28-19(21)22/h1-10,19H,11H2,(H,23,24,26)/b10-3+. The van der Waals surface area contributed by atoms with Crippen molar-refractivity contribution < 1.29 is 32.6 Å². The molecule has 0 fully saturated rings. The van der Waals surface area contributed by atoms with Crippen LogP contribution in [0, 0.1) is 0 Å². The summed E-state index contributed by atoms with van der Waals surface area (Å²) < 4.78 is 33.0. The normalized spacial score (nSPS) is 10.7. The molecule has 2 rings (SSSR count). The van der Waals surface area contributed by atoms with E-state index in [0.717, 1.165) is 18.2 Å². The van der Waals surface area contributed by atoms with E-state index in [1.165, 1.54) is 18.2 Å². The van der Waals surface area contributed by atoms with Crippen LogP contribution in [-0.4, -0.2) is 31.0 Å². The zero-order valence-corrected chi connectivity index (χ0v) is 15.0. The van der Waals surface area contributed by atoms with Crippen molar-refractivity contribution in [3.05, 3.63) is 70.8 Å². The van der Waals surface area contributed by atoms with Crippen molar-refractivity contribution in [2.75, 3.05) is 6.61 Å². The van der Waals surface area contributed by atoms with Gasteiger partial charge in [-0.05, 0) is 48.0 Å². The molecule has 2 aromatic rings. The van der Waals surface area contributed by atoms with Crippen molar-refractivity contribution in [2.24, 2.45) is 0 Å². The van der Waals surface area contributed by atoms with Gasteiger partial charge in [0.25, 0.3) is 11.8 Å². The topological polar surface area (TPSA) is 81.7 Å². The maximum atomic E-state index is 12.1. The molecule has 0 atom stereocenters. The van der Waals surface area contributed by atoms with E-state index in [-0.39, 0.29) is 11.3 Å². The zero-order valence-electron chi connectivity index (χ0n) is 14.2. The molecule has 0 aliphatic rings. The average molecular weight is 410 g/mol. The summed E-state index contributed by atoms with van der Waals surface area (Å²) in [5, 5.41) is 2.56. The average Bonchev–Trinajstić information content (AvgIpc) is 2.66. The van der Waals surface area contributed by atoms with E-state index < -0.39 is 31.0 Å². The summed E-state index contributed by atoms with van der Waals surface area (Å²) >= 11 is 5.75. The van der Waals surface area contributed by atoms with Crippen molar-refractivity contribution in [2.45, 2.75) is 6.61 Å². The quantitative estimate of drug-likeness (QED) is 0.559. The molecule has 2 amide bonds. The number of halogens is 3. The summed E-state index contributed by atoms with van der Waals surface area (Å²) in [6, 6.07) is 11.4. The van der Waals surface area contributed by atoms with Crippen LogP contribution in [0.5, 0.6) is 5.75 Å². The van der Waals surface area contributed by atoms with E-state index in [4.69, 9.17) is 16.3 Å². The van der Waals surface area contributed by atoms with Gasteiger partial charge in [-0.15, -0.1) is 0 Å². The lowest BCUT2D eigenvalue weighted by Crippen LogP contribution is -2.34. The highest BCUT2D eigenvalue weighted by molar-refractivity contribution is 6.30. The fourth-order valence-electron chi connectivity index (χ4n) is 1.95. The summed E-state index contributed by atoms with van der Waals surface area (Å²) in [6.07, 6.45) is 2.60. The van der Waals surface area contributed by atoms with E-state index >= 15 is 0 Å². The SMILES string of the molecule is O=C(COC(=O)/C=C/c1ccc(Cl)cc1)NC(=O)c1ccc(OC(F)F)cc1. The minimum absolute atomic E-state index is 0.0453. The number of alkyl halides is 2. The number of amides is 2. The van der Waals surface area contributed by atoms with Crippen LogP contribution in [0.4, 0.5) is 8.78 Å². The largest absolute Gasteiger partial charge is 0.452 e. The summed E-state index contributed by atoms with van der Waals surface area (Å²) in [6.45, 7) is -3.65. The Morgan fingerprint density at radius 1 is 1.04 bits per heavy atom. The highest BCUT2D eigenvalue weighted by Gasteiger charge is 2.12. The van der Waals surface area contributed by atoms with E-state index in [0.29, 0.717) is 10.6 Å². The number of ether oxygens (including phenoxy) is 2. The first-order valence-electron chi connectivity index (χ1n) is 7.83. The Balaban J connectivity index is 1.78. The molecule has 6 nitrogen and oxygen atoms in total. The summed E-state index contributed by atoms with van der Waals surface area (Å²) in [5.41, 5.74) is 0.754. The van der Waals surface area contributed by atoms with Gasteiger partial charge in [-0.1, -0.05) is 23.7 Å².